The molecule has 0 spiro atoms. The zero-order valence-corrected chi connectivity index (χ0v) is 8.26. The number of methoxy groups -OCH3 is 1. The topological polar surface area (TPSA) is 62.1 Å². The normalized spacial score (nSPS) is 15.2. The van der Waals surface area contributed by atoms with Crippen LogP contribution in [0.3, 0.4) is 0 Å². The summed E-state index contributed by atoms with van der Waals surface area (Å²) < 4.78 is 40.5. The second-order valence-corrected chi connectivity index (χ2v) is 2.88. The number of hydrogen-bond acceptors (Lipinski definition) is 4. The van der Waals surface area contributed by atoms with E-state index in [0.29, 0.717) is 0 Å². The number of rotatable bonds is 4. The highest BCUT2D eigenvalue weighted by Crippen LogP contribution is 2.24. The first-order valence-electron chi connectivity index (χ1n) is 4.10. The second kappa shape index (κ2) is 5.56. The van der Waals surface area contributed by atoms with E-state index in [1.54, 1.807) is 0 Å². The lowest BCUT2D eigenvalue weighted by Crippen LogP contribution is -2.41. The molecule has 0 bridgehead atoms. The second-order valence-electron chi connectivity index (χ2n) is 2.88. The highest BCUT2D eigenvalue weighted by molar-refractivity contribution is 5.75. The van der Waals surface area contributed by atoms with Gasteiger partial charge in [-0.2, -0.15) is 18.4 Å². The summed E-state index contributed by atoms with van der Waals surface area (Å²) in [7, 11) is 1.13. The molecule has 86 valence electrons. The third kappa shape index (κ3) is 4.65. The predicted molar refractivity (Wildman–Crippen MR) is 44.6 cm³/mol. The number of hydrogen-bond donors (Lipinski definition) is 1. The van der Waals surface area contributed by atoms with Gasteiger partial charge >= 0.3 is 12.1 Å². The van der Waals surface area contributed by atoms with Crippen LogP contribution in [0.5, 0.6) is 0 Å². The summed E-state index contributed by atoms with van der Waals surface area (Å²) in [6.45, 7) is 0.729. The quantitative estimate of drug-likeness (QED) is 0.719. The van der Waals surface area contributed by atoms with Crippen molar-refractivity contribution in [2.24, 2.45) is 5.92 Å². The van der Waals surface area contributed by atoms with Gasteiger partial charge in [0.2, 0.25) is 0 Å². The summed E-state index contributed by atoms with van der Waals surface area (Å²) in [6.07, 6.45) is -4.59. The zero-order valence-electron chi connectivity index (χ0n) is 8.26. The lowest BCUT2D eigenvalue weighted by Gasteiger charge is -2.16. The fourth-order valence-electron chi connectivity index (χ4n) is 0.789. The van der Waals surface area contributed by atoms with E-state index in [0.717, 1.165) is 13.2 Å². The third-order valence-corrected chi connectivity index (χ3v) is 1.73. The molecule has 7 heteroatoms. The smallest absolute Gasteiger partial charge is 0.405 e. The average Bonchev–Trinajstić information content (AvgIpc) is 2.15. The maximum atomic E-state index is 12.1. The number of halogens is 3. The first kappa shape index (κ1) is 13.7. The lowest BCUT2D eigenvalue weighted by atomic mass is 10.1. The minimum absolute atomic E-state index is 0.629. The molecule has 0 fully saturated rings. The Morgan fingerprint density at radius 2 is 2.13 bits per heavy atom. The molecule has 0 radical (unpaired) electrons. The van der Waals surface area contributed by atoms with Gasteiger partial charge in [0.05, 0.1) is 13.2 Å². The monoisotopic (exact) mass is 224 g/mol. The van der Waals surface area contributed by atoms with Gasteiger partial charge in [-0.3, -0.25) is 4.79 Å². The largest absolute Gasteiger partial charge is 0.468 e. The van der Waals surface area contributed by atoms with E-state index in [2.05, 4.69) is 10.1 Å². The summed E-state index contributed by atoms with van der Waals surface area (Å²) >= 11 is 0. The molecule has 0 amide bonds. The van der Waals surface area contributed by atoms with E-state index < -0.39 is 30.7 Å². The van der Waals surface area contributed by atoms with Gasteiger partial charge in [-0.25, -0.2) is 0 Å². The highest BCUT2D eigenvalue weighted by atomic mass is 19.4. The van der Waals surface area contributed by atoms with E-state index in [1.807, 2.05) is 0 Å². The molecule has 0 aromatic carbocycles. The van der Waals surface area contributed by atoms with Crippen molar-refractivity contribution in [1.29, 1.82) is 5.26 Å². The predicted octanol–water partition coefficient (Wildman–Crippen LogP) is 0.840. The Labute approximate surface area is 85.0 Å². The molecule has 0 aromatic rings. The Balaban J connectivity index is 4.15. The molecular weight excluding hydrogens is 213 g/mol. The van der Waals surface area contributed by atoms with Crippen molar-refractivity contribution in [2.75, 3.05) is 13.7 Å². The van der Waals surface area contributed by atoms with Gasteiger partial charge in [0, 0.05) is 6.54 Å². The SMILES string of the molecule is COC(=O)C(C)NCC(C#N)C(F)(F)F. The third-order valence-electron chi connectivity index (χ3n) is 1.73. The van der Waals surface area contributed by atoms with Crippen molar-refractivity contribution in [2.45, 2.75) is 19.1 Å². The Hall–Kier alpha value is -1.29. The summed E-state index contributed by atoms with van der Waals surface area (Å²) in [5.74, 6) is -2.79. The molecule has 0 saturated heterocycles. The van der Waals surface area contributed by atoms with Crippen molar-refractivity contribution in [3.05, 3.63) is 0 Å². The minimum Gasteiger partial charge on any atom is -0.468 e. The van der Waals surface area contributed by atoms with Gasteiger partial charge < -0.3 is 10.1 Å². The van der Waals surface area contributed by atoms with Crippen LogP contribution in [-0.2, 0) is 9.53 Å². The Kier molecular flexibility index (Phi) is 5.08. The van der Waals surface area contributed by atoms with E-state index in [9.17, 15) is 18.0 Å². The number of carbonyl (C=O) groups excluding carboxylic acids is 1. The van der Waals surface area contributed by atoms with Crippen molar-refractivity contribution in [3.8, 4) is 6.07 Å². The maximum Gasteiger partial charge on any atom is 0.405 e. The number of alkyl halides is 3. The Bertz CT molecular complexity index is 260. The highest BCUT2D eigenvalue weighted by Gasteiger charge is 2.39. The lowest BCUT2D eigenvalue weighted by molar-refractivity contribution is -0.159. The maximum absolute atomic E-state index is 12.1. The molecule has 1 N–H and O–H groups in total. The molecule has 0 heterocycles. The molecule has 0 aliphatic heterocycles. The van der Waals surface area contributed by atoms with Crippen LogP contribution in [0.1, 0.15) is 6.92 Å². The fraction of sp³-hybridized carbons (Fsp3) is 0.750. The fourth-order valence-corrected chi connectivity index (χ4v) is 0.789. The van der Waals surface area contributed by atoms with Gasteiger partial charge in [0.1, 0.15) is 6.04 Å². The van der Waals surface area contributed by atoms with Crippen molar-refractivity contribution < 1.29 is 22.7 Å². The number of esters is 1. The van der Waals surface area contributed by atoms with Crippen LogP contribution in [0.15, 0.2) is 0 Å². The van der Waals surface area contributed by atoms with E-state index in [-0.39, 0.29) is 0 Å². The molecule has 0 aliphatic rings. The summed E-state index contributed by atoms with van der Waals surface area (Å²) in [5.41, 5.74) is 0. The van der Waals surface area contributed by atoms with Gasteiger partial charge in [0.15, 0.2) is 5.92 Å². The van der Waals surface area contributed by atoms with Crippen LogP contribution < -0.4 is 5.32 Å². The molecule has 0 aromatic heterocycles. The molecule has 2 unspecified atom stereocenters. The molecule has 0 rings (SSSR count). The number of carbonyl (C=O) groups is 1. The molecule has 4 nitrogen and oxygen atoms in total. The van der Waals surface area contributed by atoms with Crippen molar-refractivity contribution >= 4 is 5.97 Å². The van der Waals surface area contributed by atoms with Crippen LogP contribution in [0.2, 0.25) is 0 Å². The molecular formula is C8H11F3N2O2. The molecule has 15 heavy (non-hydrogen) atoms. The van der Waals surface area contributed by atoms with Crippen LogP contribution >= 0.6 is 0 Å². The summed E-state index contributed by atoms with van der Waals surface area (Å²) in [6, 6.07) is 0.247. The van der Waals surface area contributed by atoms with Gasteiger partial charge in [-0.05, 0) is 6.92 Å². The van der Waals surface area contributed by atoms with E-state index >= 15 is 0 Å². The van der Waals surface area contributed by atoms with Crippen molar-refractivity contribution in [1.82, 2.24) is 5.32 Å². The number of nitriles is 1. The Morgan fingerprint density at radius 3 is 2.47 bits per heavy atom. The summed E-state index contributed by atoms with van der Waals surface area (Å²) in [5, 5.41) is 10.5. The summed E-state index contributed by atoms with van der Waals surface area (Å²) in [4.78, 5) is 10.8. The van der Waals surface area contributed by atoms with Crippen LogP contribution in [0.4, 0.5) is 13.2 Å². The molecule has 0 aliphatic carbocycles. The molecule has 0 saturated carbocycles. The minimum atomic E-state index is -4.59. The standard InChI is InChI=1S/C8H11F3N2O2/c1-5(7(14)15-2)13-4-6(3-12)8(9,10)11/h5-6,13H,4H2,1-2H3. The average molecular weight is 224 g/mol. The van der Waals surface area contributed by atoms with Crippen LogP contribution in [-0.4, -0.2) is 31.8 Å². The van der Waals surface area contributed by atoms with E-state index in [4.69, 9.17) is 5.26 Å². The van der Waals surface area contributed by atoms with Gasteiger partial charge in [-0.1, -0.05) is 0 Å². The first-order chi connectivity index (χ1) is 6.82. The Morgan fingerprint density at radius 1 is 1.60 bits per heavy atom. The molecule has 2 atom stereocenters. The number of ether oxygens (including phenoxy) is 1. The first-order valence-corrected chi connectivity index (χ1v) is 4.10. The van der Waals surface area contributed by atoms with Gasteiger partial charge in [0.25, 0.3) is 0 Å². The van der Waals surface area contributed by atoms with Crippen LogP contribution in [0.25, 0.3) is 0 Å². The van der Waals surface area contributed by atoms with Crippen molar-refractivity contribution in [3.63, 3.8) is 0 Å². The van der Waals surface area contributed by atoms with E-state index in [1.165, 1.54) is 6.92 Å². The van der Waals surface area contributed by atoms with Crippen LogP contribution in [0, 0.1) is 17.2 Å². The zero-order chi connectivity index (χ0) is 12.1. The van der Waals surface area contributed by atoms with Gasteiger partial charge in [-0.15, -0.1) is 0 Å². The number of nitrogens with zero attached hydrogens (tertiary/aromatic N) is 1. The number of nitrogens with one attached hydrogen (secondary N) is 1.